The normalized spacial score (nSPS) is 33.6. The summed E-state index contributed by atoms with van der Waals surface area (Å²) in [7, 11) is 2.73. The highest BCUT2D eigenvalue weighted by molar-refractivity contribution is 9.10. The number of methoxy groups -OCH3 is 1. The predicted octanol–water partition coefficient (Wildman–Crippen LogP) is 4.36. The van der Waals surface area contributed by atoms with Gasteiger partial charge in [-0.2, -0.15) is 0 Å². The first-order chi connectivity index (χ1) is 18.5. The lowest BCUT2D eigenvalue weighted by atomic mass is 9.56. The molecule has 4 aliphatic rings. The number of nitrogens with zero attached hydrogens (tertiary/aromatic N) is 2. The molecule has 1 N–H and O–H groups in total. The first-order valence-corrected chi connectivity index (χ1v) is 13.9. The number of hydrogen-bond acceptors (Lipinski definition) is 6. The maximum absolute atomic E-state index is 14.0. The van der Waals surface area contributed by atoms with E-state index < -0.39 is 51.1 Å². The van der Waals surface area contributed by atoms with Crippen molar-refractivity contribution >= 4 is 68.4 Å². The van der Waals surface area contributed by atoms with Crippen molar-refractivity contribution in [2.45, 2.75) is 28.5 Å². The average Bonchev–Trinajstić information content (AvgIpc) is 3.24. The van der Waals surface area contributed by atoms with E-state index in [-0.39, 0.29) is 35.8 Å². The number of allylic oxidation sites excluding steroid dienone is 2. The first-order valence-electron chi connectivity index (χ1n) is 12.4. The molecular formula is C28H23BrCl2N2O6. The van der Waals surface area contributed by atoms with Gasteiger partial charge in [0.1, 0.15) is 11.5 Å². The highest BCUT2D eigenvalue weighted by atomic mass is 79.9. The molecule has 39 heavy (non-hydrogen) atoms. The minimum Gasteiger partial charge on any atom is -0.508 e. The molecule has 1 saturated carbocycles. The lowest BCUT2D eigenvalue weighted by Gasteiger charge is -2.50. The lowest BCUT2D eigenvalue weighted by Crippen LogP contribution is -2.60. The van der Waals surface area contributed by atoms with Gasteiger partial charge in [0.2, 0.25) is 11.8 Å². The van der Waals surface area contributed by atoms with Crippen LogP contribution in [0, 0.1) is 17.8 Å². The van der Waals surface area contributed by atoms with Crippen molar-refractivity contribution in [3.05, 3.63) is 64.1 Å². The van der Waals surface area contributed by atoms with E-state index in [9.17, 15) is 24.3 Å². The van der Waals surface area contributed by atoms with Crippen LogP contribution in [0.1, 0.15) is 24.3 Å². The summed E-state index contributed by atoms with van der Waals surface area (Å²) < 4.78 is 6.35. The third kappa shape index (κ3) is 3.30. The predicted molar refractivity (Wildman–Crippen MR) is 147 cm³/mol. The number of likely N-dealkylation sites (tertiary alicyclic amines) is 1. The largest absolute Gasteiger partial charge is 0.508 e. The number of alkyl halides is 2. The summed E-state index contributed by atoms with van der Waals surface area (Å²) in [5, 5.41) is 11.0. The molecular weight excluding hydrogens is 611 g/mol. The van der Waals surface area contributed by atoms with Gasteiger partial charge in [0, 0.05) is 23.0 Å². The van der Waals surface area contributed by atoms with E-state index in [4.69, 9.17) is 27.9 Å². The minimum absolute atomic E-state index is 0.125. The number of benzene rings is 2. The van der Waals surface area contributed by atoms with Gasteiger partial charge in [0.15, 0.2) is 9.75 Å². The van der Waals surface area contributed by atoms with Crippen LogP contribution < -0.4 is 9.64 Å². The van der Waals surface area contributed by atoms with Gasteiger partial charge in [-0.3, -0.25) is 29.0 Å². The number of ether oxygens (including phenoxy) is 1. The van der Waals surface area contributed by atoms with Crippen molar-refractivity contribution in [3.8, 4) is 11.5 Å². The number of hydrogen-bond donors (Lipinski definition) is 1. The Morgan fingerprint density at radius 2 is 1.69 bits per heavy atom. The second-order valence-corrected chi connectivity index (χ2v) is 12.5. The molecule has 0 radical (unpaired) electrons. The Hall–Kier alpha value is -2.88. The second-order valence-electron chi connectivity index (χ2n) is 10.4. The Morgan fingerprint density at radius 1 is 1.00 bits per heavy atom. The van der Waals surface area contributed by atoms with E-state index in [1.165, 1.54) is 25.1 Å². The van der Waals surface area contributed by atoms with Crippen molar-refractivity contribution in [1.82, 2.24) is 4.90 Å². The quantitative estimate of drug-likeness (QED) is 0.306. The number of phenols is 1. The summed E-state index contributed by atoms with van der Waals surface area (Å²) in [6, 6.07) is 11.5. The number of phenolic OH excluding ortho intramolecular Hbond substituents is 1. The number of anilines is 1. The zero-order chi connectivity index (χ0) is 28.0. The molecule has 8 nitrogen and oxygen atoms in total. The van der Waals surface area contributed by atoms with Crippen LogP contribution in [0.2, 0.25) is 0 Å². The number of amides is 4. The van der Waals surface area contributed by atoms with Gasteiger partial charge < -0.3 is 9.84 Å². The van der Waals surface area contributed by atoms with E-state index in [1.54, 1.807) is 36.4 Å². The number of rotatable bonds is 3. The zero-order valence-electron chi connectivity index (χ0n) is 20.9. The third-order valence-electron chi connectivity index (χ3n) is 8.65. The Kier molecular flexibility index (Phi) is 5.95. The fraction of sp³-hybridized carbons (Fsp3) is 0.357. The van der Waals surface area contributed by atoms with E-state index in [2.05, 4.69) is 15.9 Å². The molecule has 0 bridgehead atoms. The number of carbonyl (C=O) groups is 4. The van der Waals surface area contributed by atoms with Gasteiger partial charge in [-0.25, -0.2) is 0 Å². The van der Waals surface area contributed by atoms with E-state index >= 15 is 0 Å². The van der Waals surface area contributed by atoms with Crippen LogP contribution in [0.4, 0.5) is 5.69 Å². The van der Waals surface area contributed by atoms with Gasteiger partial charge >= 0.3 is 0 Å². The molecule has 2 aliphatic heterocycles. The van der Waals surface area contributed by atoms with Crippen LogP contribution >= 0.6 is 39.1 Å². The van der Waals surface area contributed by atoms with E-state index in [0.717, 1.165) is 9.37 Å². The molecule has 202 valence electrons. The number of aromatic hydroxyl groups is 1. The second kappa shape index (κ2) is 8.81. The van der Waals surface area contributed by atoms with Crippen molar-refractivity contribution in [1.29, 1.82) is 0 Å². The fourth-order valence-electron chi connectivity index (χ4n) is 6.91. The van der Waals surface area contributed by atoms with Crippen LogP contribution in [0.25, 0.3) is 0 Å². The Bertz CT molecular complexity index is 1500. The van der Waals surface area contributed by atoms with Gasteiger partial charge in [0.25, 0.3) is 11.8 Å². The molecule has 0 unspecified atom stereocenters. The summed E-state index contributed by atoms with van der Waals surface area (Å²) in [6.45, 7) is 0. The fourth-order valence-corrected chi connectivity index (χ4v) is 8.17. The molecule has 6 atom stereocenters. The molecule has 6 rings (SSSR count). The van der Waals surface area contributed by atoms with E-state index in [1.807, 2.05) is 6.08 Å². The summed E-state index contributed by atoms with van der Waals surface area (Å²) >= 11 is 17.7. The zero-order valence-corrected chi connectivity index (χ0v) is 24.0. The summed E-state index contributed by atoms with van der Waals surface area (Å²) in [5.41, 5.74) is 1.23. The summed E-state index contributed by atoms with van der Waals surface area (Å²) in [4.78, 5) is 52.9. The molecule has 3 fully saturated rings. The van der Waals surface area contributed by atoms with Crippen LogP contribution in [0.3, 0.4) is 0 Å². The first kappa shape index (κ1) is 26.3. The number of imide groups is 2. The van der Waals surface area contributed by atoms with E-state index in [0.29, 0.717) is 11.3 Å². The summed E-state index contributed by atoms with van der Waals surface area (Å²) in [5.74, 6) is -5.36. The molecule has 4 amide bonds. The Morgan fingerprint density at radius 3 is 2.36 bits per heavy atom. The molecule has 0 spiro atoms. The standard InChI is InChI=1S/C28H23BrCl2N2O6/c1-32-25(37)27(30)12-17-15(22(28(27,31)26(32)38)21-18(34)4-3-5-19(21)39-2)10-11-16-20(17)24(36)33(23(16)35)14-8-6-13(29)7-9-14/h3-10,16-17,20,22,34H,11-12H2,1-2H3/t16-,17+,20-,22+,27+,28-/m0/s1. The number of carbonyl (C=O) groups excluding carboxylic acids is 4. The summed E-state index contributed by atoms with van der Waals surface area (Å²) in [6.07, 6.45) is 1.91. The molecule has 0 aromatic heterocycles. The third-order valence-corrected chi connectivity index (χ3v) is 10.6. The highest BCUT2D eigenvalue weighted by Crippen LogP contribution is 2.66. The smallest absolute Gasteiger partial charge is 0.253 e. The number of halogens is 3. The SMILES string of the molecule is COc1cccc(O)c1[C@H]1C2=CC[C@@H]3C(=O)N(c4ccc(Br)cc4)C(=O)[C@@H]3[C@@H]2C[C@@]2(Cl)C(=O)N(C)C(=O)[C@@]12Cl. The van der Waals surface area contributed by atoms with Crippen molar-refractivity contribution in [2.24, 2.45) is 17.8 Å². The van der Waals surface area contributed by atoms with Crippen LogP contribution in [-0.2, 0) is 19.2 Å². The molecule has 2 aliphatic carbocycles. The Balaban J connectivity index is 1.55. The maximum Gasteiger partial charge on any atom is 0.253 e. The number of fused-ring (bicyclic) bond motifs is 4. The maximum atomic E-state index is 14.0. The monoisotopic (exact) mass is 632 g/mol. The van der Waals surface area contributed by atoms with Crippen molar-refractivity contribution in [2.75, 3.05) is 19.1 Å². The molecule has 2 aromatic rings. The average molecular weight is 634 g/mol. The molecule has 2 heterocycles. The highest BCUT2D eigenvalue weighted by Gasteiger charge is 2.76. The molecule has 11 heteroatoms. The van der Waals surface area contributed by atoms with Crippen LogP contribution in [-0.4, -0.2) is 57.5 Å². The Labute approximate surface area is 242 Å². The van der Waals surface area contributed by atoms with Crippen molar-refractivity contribution < 1.29 is 29.0 Å². The van der Waals surface area contributed by atoms with Crippen molar-refractivity contribution in [3.63, 3.8) is 0 Å². The van der Waals surface area contributed by atoms with Crippen LogP contribution in [0.15, 0.2) is 58.6 Å². The van der Waals surface area contributed by atoms with Crippen LogP contribution in [0.5, 0.6) is 11.5 Å². The minimum atomic E-state index is -2.00. The molecule has 2 saturated heterocycles. The van der Waals surface area contributed by atoms with Gasteiger partial charge in [-0.05, 0) is 55.2 Å². The molecule has 2 aromatic carbocycles. The lowest BCUT2D eigenvalue weighted by molar-refractivity contribution is -0.138. The van der Waals surface area contributed by atoms with Gasteiger partial charge in [-0.1, -0.05) is 33.6 Å². The van der Waals surface area contributed by atoms with Gasteiger partial charge in [0.05, 0.1) is 24.6 Å². The topological polar surface area (TPSA) is 104 Å². The van der Waals surface area contributed by atoms with Gasteiger partial charge in [-0.15, -0.1) is 23.2 Å².